The maximum absolute atomic E-state index is 12.9. The molecule has 0 unspecified atom stereocenters. The molecule has 1 aromatic rings. The molecule has 1 aromatic carbocycles. The topological polar surface area (TPSA) is 75.7 Å². The molecule has 3 rings (SSSR count). The summed E-state index contributed by atoms with van der Waals surface area (Å²) in [5.74, 6) is -1.35. The molecule has 1 saturated carbocycles. The summed E-state index contributed by atoms with van der Waals surface area (Å²) in [7, 11) is 0. The molecule has 2 aliphatic rings. The molecule has 1 saturated heterocycles. The number of hydrogen-bond acceptors (Lipinski definition) is 4. The number of urea groups is 1. The van der Waals surface area contributed by atoms with Crippen molar-refractivity contribution in [1.82, 2.24) is 10.2 Å². The number of nitrogens with one attached hydrogen (secondary N) is 1. The first-order valence-corrected chi connectivity index (χ1v) is 8.46. The summed E-state index contributed by atoms with van der Waals surface area (Å²) in [5, 5.41) is 2.79. The quantitative estimate of drug-likeness (QED) is 0.669. The number of hydrogen-bond donors (Lipinski definition) is 1. The summed E-state index contributed by atoms with van der Waals surface area (Å²) < 4.78 is 17.9. The first-order chi connectivity index (χ1) is 11.9. The normalized spacial score (nSPS) is 26.0. The average Bonchev–Trinajstić information content (AvgIpc) is 2.82. The predicted molar refractivity (Wildman–Crippen MR) is 86.8 cm³/mol. The zero-order valence-corrected chi connectivity index (χ0v) is 14.1. The van der Waals surface area contributed by atoms with Crippen LogP contribution in [0, 0.1) is 11.7 Å². The summed E-state index contributed by atoms with van der Waals surface area (Å²) in [4.78, 5) is 37.9. The van der Waals surface area contributed by atoms with Crippen molar-refractivity contribution in [3.63, 3.8) is 0 Å². The van der Waals surface area contributed by atoms with Crippen LogP contribution in [-0.4, -0.2) is 34.9 Å². The zero-order valence-electron chi connectivity index (χ0n) is 14.1. The molecule has 0 bridgehead atoms. The first kappa shape index (κ1) is 17.4. The molecule has 0 radical (unpaired) electrons. The Hall–Kier alpha value is -2.44. The Labute approximate surface area is 145 Å². The van der Waals surface area contributed by atoms with E-state index in [2.05, 4.69) is 5.32 Å². The van der Waals surface area contributed by atoms with Gasteiger partial charge in [0, 0.05) is 0 Å². The number of benzene rings is 1. The smallest absolute Gasteiger partial charge is 0.326 e. The van der Waals surface area contributed by atoms with Gasteiger partial charge in [-0.05, 0) is 36.5 Å². The first-order valence-electron chi connectivity index (χ1n) is 8.46. The average molecular weight is 348 g/mol. The molecule has 0 aromatic heterocycles. The molecule has 25 heavy (non-hydrogen) atoms. The third-order valence-corrected chi connectivity index (χ3v) is 5.10. The van der Waals surface area contributed by atoms with Gasteiger partial charge in [-0.1, -0.05) is 31.9 Å². The summed E-state index contributed by atoms with van der Waals surface area (Å²) in [6.07, 6.45) is 3.37. The highest BCUT2D eigenvalue weighted by molar-refractivity contribution is 6.08. The molecule has 1 N–H and O–H groups in total. The Kier molecular flexibility index (Phi) is 4.74. The molecule has 1 aliphatic heterocycles. The standard InChI is InChI=1S/C18H21FN2O4/c1-12-4-2-3-9-18(12)16(23)21(17(24)20-18)10-15(22)25-11-13-5-7-14(19)8-6-13/h5-8,12H,2-4,9-11H2,1H3,(H,20,24)/t12-,18+/m0/s1. The Bertz CT molecular complexity index is 691. The second kappa shape index (κ2) is 6.82. The number of esters is 1. The zero-order chi connectivity index (χ0) is 18.0. The van der Waals surface area contributed by atoms with E-state index in [9.17, 15) is 18.8 Å². The van der Waals surface area contributed by atoms with Gasteiger partial charge in [-0.2, -0.15) is 0 Å². The Morgan fingerprint density at radius 2 is 2.04 bits per heavy atom. The fourth-order valence-corrected chi connectivity index (χ4v) is 3.56. The predicted octanol–water partition coefficient (Wildman–Crippen LogP) is 2.37. The maximum atomic E-state index is 12.9. The third kappa shape index (κ3) is 3.36. The maximum Gasteiger partial charge on any atom is 0.326 e. The van der Waals surface area contributed by atoms with Crippen LogP contribution in [0.5, 0.6) is 0 Å². The molecule has 1 spiro atoms. The van der Waals surface area contributed by atoms with Gasteiger partial charge in [0.05, 0.1) is 0 Å². The van der Waals surface area contributed by atoms with Crippen LogP contribution in [0.2, 0.25) is 0 Å². The van der Waals surface area contributed by atoms with E-state index >= 15 is 0 Å². The van der Waals surface area contributed by atoms with E-state index in [-0.39, 0.29) is 24.2 Å². The fourth-order valence-electron chi connectivity index (χ4n) is 3.56. The van der Waals surface area contributed by atoms with E-state index in [1.807, 2.05) is 6.92 Å². The molecule has 2 atom stereocenters. The Morgan fingerprint density at radius 1 is 1.32 bits per heavy atom. The van der Waals surface area contributed by atoms with Gasteiger partial charge < -0.3 is 10.1 Å². The number of nitrogens with zero attached hydrogens (tertiary/aromatic N) is 1. The Morgan fingerprint density at radius 3 is 2.72 bits per heavy atom. The highest BCUT2D eigenvalue weighted by Crippen LogP contribution is 2.38. The van der Waals surface area contributed by atoms with Gasteiger partial charge in [-0.15, -0.1) is 0 Å². The van der Waals surface area contributed by atoms with E-state index in [4.69, 9.17) is 4.74 Å². The van der Waals surface area contributed by atoms with Crippen LogP contribution in [0.25, 0.3) is 0 Å². The van der Waals surface area contributed by atoms with Gasteiger partial charge in [-0.3, -0.25) is 14.5 Å². The second-order valence-corrected chi connectivity index (χ2v) is 6.73. The van der Waals surface area contributed by atoms with Gasteiger partial charge in [0.15, 0.2) is 0 Å². The molecular formula is C18H21FN2O4. The minimum absolute atomic E-state index is 0.0374. The number of imide groups is 1. The van der Waals surface area contributed by atoms with Crippen molar-refractivity contribution in [2.75, 3.05) is 6.54 Å². The lowest BCUT2D eigenvalue weighted by Gasteiger charge is -2.36. The molecule has 1 heterocycles. The van der Waals surface area contributed by atoms with E-state index in [0.29, 0.717) is 12.0 Å². The molecular weight excluding hydrogens is 327 g/mol. The van der Waals surface area contributed by atoms with Crippen LogP contribution in [0.4, 0.5) is 9.18 Å². The largest absolute Gasteiger partial charge is 0.459 e. The van der Waals surface area contributed by atoms with Crippen molar-refractivity contribution in [2.45, 2.75) is 44.8 Å². The third-order valence-electron chi connectivity index (χ3n) is 5.10. The van der Waals surface area contributed by atoms with Crippen molar-refractivity contribution < 1.29 is 23.5 Å². The SMILES string of the molecule is C[C@H]1CCCC[C@@]12NC(=O)N(CC(=O)OCc1ccc(F)cc1)C2=O. The van der Waals surface area contributed by atoms with E-state index in [1.54, 1.807) is 0 Å². The van der Waals surface area contributed by atoms with Crippen molar-refractivity contribution in [3.05, 3.63) is 35.6 Å². The van der Waals surface area contributed by atoms with Crippen LogP contribution in [0.1, 0.15) is 38.2 Å². The lowest BCUT2D eigenvalue weighted by atomic mass is 9.73. The van der Waals surface area contributed by atoms with E-state index in [0.717, 1.165) is 24.2 Å². The number of carbonyl (C=O) groups excluding carboxylic acids is 3. The minimum atomic E-state index is -0.882. The fraction of sp³-hybridized carbons (Fsp3) is 0.500. The number of rotatable bonds is 4. The van der Waals surface area contributed by atoms with Crippen molar-refractivity contribution >= 4 is 17.9 Å². The van der Waals surface area contributed by atoms with Gasteiger partial charge in [0.25, 0.3) is 5.91 Å². The lowest BCUT2D eigenvalue weighted by molar-refractivity contribution is -0.149. The van der Waals surface area contributed by atoms with Gasteiger partial charge in [0.2, 0.25) is 0 Å². The molecule has 2 fully saturated rings. The summed E-state index contributed by atoms with van der Waals surface area (Å²) in [5.41, 5.74) is -0.253. The van der Waals surface area contributed by atoms with Crippen LogP contribution in [0.3, 0.4) is 0 Å². The summed E-state index contributed by atoms with van der Waals surface area (Å²) in [6, 6.07) is 5.02. The second-order valence-electron chi connectivity index (χ2n) is 6.73. The molecule has 134 valence electrons. The molecule has 1 aliphatic carbocycles. The Balaban J connectivity index is 1.60. The van der Waals surface area contributed by atoms with E-state index in [1.165, 1.54) is 24.3 Å². The summed E-state index contributed by atoms with van der Waals surface area (Å²) >= 11 is 0. The number of halogens is 1. The number of ether oxygens (including phenoxy) is 1. The number of amides is 3. The summed E-state index contributed by atoms with van der Waals surface area (Å²) in [6.45, 7) is 1.50. The highest BCUT2D eigenvalue weighted by Gasteiger charge is 2.55. The minimum Gasteiger partial charge on any atom is -0.459 e. The highest BCUT2D eigenvalue weighted by atomic mass is 19.1. The van der Waals surface area contributed by atoms with Gasteiger partial charge in [0.1, 0.15) is 24.5 Å². The van der Waals surface area contributed by atoms with Gasteiger partial charge >= 0.3 is 12.0 Å². The van der Waals surface area contributed by atoms with Crippen LogP contribution < -0.4 is 5.32 Å². The lowest BCUT2D eigenvalue weighted by Crippen LogP contribution is -2.54. The molecule has 7 heteroatoms. The molecule has 3 amide bonds. The van der Waals surface area contributed by atoms with Crippen LogP contribution in [0.15, 0.2) is 24.3 Å². The van der Waals surface area contributed by atoms with Crippen molar-refractivity contribution in [2.24, 2.45) is 5.92 Å². The van der Waals surface area contributed by atoms with Crippen molar-refractivity contribution in [3.8, 4) is 0 Å². The van der Waals surface area contributed by atoms with Crippen molar-refractivity contribution in [1.29, 1.82) is 0 Å². The van der Waals surface area contributed by atoms with Crippen LogP contribution in [-0.2, 0) is 20.9 Å². The van der Waals surface area contributed by atoms with Gasteiger partial charge in [-0.25, -0.2) is 9.18 Å². The molecule has 6 nitrogen and oxygen atoms in total. The number of carbonyl (C=O) groups is 3. The van der Waals surface area contributed by atoms with Crippen LogP contribution >= 0.6 is 0 Å². The monoisotopic (exact) mass is 348 g/mol. The van der Waals surface area contributed by atoms with E-state index < -0.39 is 24.1 Å².